The van der Waals surface area contributed by atoms with Gasteiger partial charge in [0, 0.05) is 6.54 Å². The lowest BCUT2D eigenvalue weighted by Crippen LogP contribution is -2.38. The first-order chi connectivity index (χ1) is 10.5. The maximum absolute atomic E-state index is 12.2. The molecular formula is C14H19N3O5. The zero-order chi connectivity index (χ0) is 16.3. The van der Waals surface area contributed by atoms with Crippen LogP contribution in [-0.4, -0.2) is 60.2 Å². The van der Waals surface area contributed by atoms with Gasteiger partial charge in [-0.2, -0.15) is 0 Å². The Bertz CT molecular complexity index is 543. The van der Waals surface area contributed by atoms with E-state index < -0.39 is 23.9 Å². The van der Waals surface area contributed by atoms with Crippen molar-refractivity contribution in [3.05, 3.63) is 23.9 Å². The van der Waals surface area contributed by atoms with Gasteiger partial charge in [0.2, 0.25) is 0 Å². The molecule has 1 fully saturated rings. The summed E-state index contributed by atoms with van der Waals surface area (Å²) in [6.45, 7) is 5.87. The van der Waals surface area contributed by atoms with Gasteiger partial charge in [-0.15, -0.1) is 0 Å². The maximum atomic E-state index is 12.2. The Morgan fingerprint density at radius 3 is 2.77 bits per heavy atom. The Balaban J connectivity index is 2.30. The molecule has 1 unspecified atom stereocenters. The van der Waals surface area contributed by atoms with E-state index in [9.17, 15) is 14.4 Å². The fourth-order valence-corrected chi connectivity index (χ4v) is 2.31. The van der Waals surface area contributed by atoms with Crippen molar-refractivity contribution < 1.29 is 23.9 Å². The third-order valence-corrected chi connectivity index (χ3v) is 3.26. The van der Waals surface area contributed by atoms with Gasteiger partial charge in [0.1, 0.15) is 12.6 Å². The molecule has 1 saturated heterocycles. The van der Waals surface area contributed by atoms with Crippen LogP contribution in [0.25, 0.3) is 0 Å². The molecular weight excluding hydrogens is 290 g/mol. The van der Waals surface area contributed by atoms with Gasteiger partial charge in [-0.3, -0.25) is 4.79 Å². The molecule has 0 saturated carbocycles. The molecule has 0 spiro atoms. The monoisotopic (exact) mass is 309 g/mol. The topological polar surface area (TPSA) is 102 Å². The van der Waals surface area contributed by atoms with Gasteiger partial charge in [-0.25, -0.2) is 19.6 Å². The van der Waals surface area contributed by atoms with Crippen molar-refractivity contribution in [1.82, 2.24) is 10.0 Å². The fourth-order valence-electron chi connectivity index (χ4n) is 2.31. The fraction of sp³-hybridized carbons (Fsp3) is 0.500. The molecule has 1 amide bonds. The summed E-state index contributed by atoms with van der Waals surface area (Å²) >= 11 is 0. The largest absolute Gasteiger partial charge is 0.462 e. The summed E-state index contributed by atoms with van der Waals surface area (Å²) in [5, 5.41) is 2.67. The lowest BCUT2D eigenvalue weighted by Gasteiger charge is -2.20. The molecule has 8 heteroatoms. The number of hydrogen-bond acceptors (Lipinski definition) is 7. The van der Waals surface area contributed by atoms with Crippen LogP contribution in [-0.2, 0) is 23.9 Å². The SMILES string of the molecule is C=CCOC(=O)C1=C(C(=O)OCCC)CN2CC(N)C(=O)N12. The van der Waals surface area contributed by atoms with Gasteiger partial charge in [0.25, 0.3) is 5.91 Å². The second kappa shape index (κ2) is 6.71. The molecule has 2 heterocycles. The Morgan fingerprint density at radius 1 is 1.41 bits per heavy atom. The molecule has 22 heavy (non-hydrogen) atoms. The van der Waals surface area contributed by atoms with E-state index in [4.69, 9.17) is 15.2 Å². The van der Waals surface area contributed by atoms with E-state index in [2.05, 4.69) is 6.58 Å². The van der Waals surface area contributed by atoms with E-state index >= 15 is 0 Å². The highest BCUT2D eigenvalue weighted by Gasteiger charge is 2.48. The van der Waals surface area contributed by atoms with Crippen molar-refractivity contribution in [2.75, 3.05) is 26.3 Å². The van der Waals surface area contributed by atoms with Crippen LogP contribution in [0.4, 0.5) is 0 Å². The van der Waals surface area contributed by atoms with Gasteiger partial charge < -0.3 is 15.2 Å². The highest BCUT2D eigenvalue weighted by molar-refractivity contribution is 6.05. The predicted molar refractivity (Wildman–Crippen MR) is 75.8 cm³/mol. The number of nitrogens with two attached hydrogens (primary N) is 1. The molecule has 2 rings (SSSR count). The summed E-state index contributed by atoms with van der Waals surface area (Å²) in [5.74, 6) is -1.83. The van der Waals surface area contributed by atoms with E-state index in [0.717, 1.165) is 5.01 Å². The highest BCUT2D eigenvalue weighted by atomic mass is 16.5. The number of rotatable bonds is 6. The van der Waals surface area contributed by atoms with Crippen LogP contribution in [0.5, 0.6) is 0 Å². The number of ether oxygens (including phenoxy) is 2. The molecule has 2 aliphatic rings. The Labute approximate surface area is 128 Å². The van der Waals surface area contributed by atoms with E-state index in [1.807, 2.05) is 6.92 Å². The number of amides is 1. The third kappa shape index (κ3) is 2.88. The molecule has 0 aliphatic carbocycles. The minimum absolute atomic E-state index is 0.0201. The molecule has 0 aromatic carbocycles. The van der Waals surface area contributed by atoms with Crippen LogP contribution in [0, 0.1) is 0 Å². The second-order valence-electron chi connectivity index (χ2n) is 4.95. The number of hydrazine groups is 1. The molecule has 1 atom stereocenters. The molecule has 0 bridgehead atoms. The first-order valence-electron chi connectivity index (χ1n) is 7.04. The number of carbonyl (C=O) groups is 3. The Morgan fingerprint density at radius 2 is 2.14 bits per heavy atom. The van der Waals surface area contributed by atoms with Crippen LogP contribution >= 0.6 is 0 Å². The summed E-state index contributed by atoms with van der Waals surface area (Å²) in [6.07, 6.45) is 2.06. The minimum Gasteiger partial charge on any atom is -0.462 e. The van der Waals surface area contributed by atoms with Crippen LogP contribution in [0.1, 0.15) is 13.3 Å². The lowest BCUT2D eigenvalue weighted by atomic mass is 10.2. The van der Waals surface area contributed by atoms with Gasteiger partial charge in [-0.05, 0) is 6.42 Å². The summed E-state index contributed by atoms with van der Waals surface area (Å²) in [7, 11) is 0. The molecule has 2 N–H and O–H groups in total. The van der Waals surface area contributed by atoms with E-state index in [1.165, 1.54) is 6.08 Å². The molecule has 0 aromatic rings. The normalized spacial score (nSPS) is 21.1. The van der Waals surface area contributed by atoms with Crippen LogP contribution < -0.4 is 5.73 Å². The first-order valence-corrected chi connectivity index (χ1v) is 7.04. The zero-order valence-electron chi connectivity index (χ0n) is 12.4. The van der Waals surface area contributed by atoms with Gasteiger partial charge in [-0.1, -0.05) is 19.6 Å². The lowest BCUT2D eigenvalue weighted by molar-refractivity contribution is -0.146. The van der Waals surface area contributed by atoms with Crippen molar-refractivity contribution in [2.45, 2.75) is 19.4 Å². The van der Waals surface area contributed by atoms with E-state index in [1.54, 1.807) is 5.01 Å². The first kappa shape index (κ1) is 16.2. The highest BCUT2D eigenvalue weighted by Crippen LogP contribution is 2.30. The molecule has 0 radical (unpaired) electrons. The van der Waals surface area contributed by atoms with Gasteiger partial charge >= 0.3 is 11.9 Å². The number of esters is 2. The smallest absolute Gasteiger partial charge is 0.357 e. The molecule has 120 valence electrons. The third-order valence-electron chi connectivity index (χ3n) is 3.26. The van der Waals surface area contributed by atoms with Crippen LogP contribution in [0.15, 0.2) is 23.9 Å². The quantitative estimate of drug-likeness (QED) is 0.512. The van der Waals surface area contributed by atoms with E-state index in [0.29, 0.717) is 6.42 Å². The summed E-state index contributed by atoms with van der Waals surface area (Å²) in [5.41, 5.74) is 5.70. The zero-order valence-corrected chi connectivity index (χ0v) is 12.4. The van der Waals surface area contributed by atoms with Crippen molar-refractivity contribution in [3.63, 3.8) is 0 Å². The summed E-state index contributed by atoms with van der Waals surface area (Å²) in [6, 6.07) is -0.726. The maximum Gasteiger partial charge on any atom is 0.357 e. The van der Waals surface area contributed by atoms with Crippen LogP contribution in [0.3, 0.4) is 0 Å². The minimum atomic E-state index is -0.770. The van der Waals surface area contributed by atoms with Crippen molar-refractivity contribution in [3.8, 4) is 0 Å². The van der Waals surface area contributed by atoms with Gasteiger partial charge in [0.05, 0.1) is 18.7 Å². The average Bonchev–Trinajstić information content (AvgIpc) is 3.00. The Kier molecular flexibility index (Phi) is 4.94. The summed E-state index contributed by atoms with van der Waals surface area (Å²) in [4.78, 5) is 36.4. The number of hydrogen-bond donors (Lipinski definition) is 1. The Hall–Kier alpha value is -2.19. The number of carbonyl (C=O) groups excluding carboxylic acids is 3. The standard InChI is InChI=1S/C14H19N3O5/c1-3-5-21-13(19)9-7-16-8-10(15)12(18)17(16)11(9)14(20)22-6-4-2/h4,10H,2-3,5-8,15H2,1H3. The molecule has 8 nitrogen and oxygen atoms in total. The van der Waals surface area contributed by atoms with E-state index in [-0.39, 0.29) is 37.6 Å². The van der Waals surface area contributed by atoms with Crippen LogP contribution in [0.2, 0.25) is 0 Å². The van der Waals surface area contributed by atoms with Crippen molar-refractivity contribution >= 4 is 17.8 Å². The average molecular weight is 309 g/mol. The predicted octanol–water partition coefficient (Wildman–Crippen LogP) is -0.677. The van der Waals surface area contributed by atoms with Gasteiger partial charge in [0.15, 0.2) is 5.70 Å². The van der Waals surface area contributed by atoms with Crippen molar-refractivity contribution in [1.29, 1.82) is 0 Å². The summed E-state index contributed by atoms with van der Waals surface area (Å²) < 4.78 is 10.0. The molecule has 2 aliphatic heterocycles. The number of fused-ring (bicyclic) bond motifs is 1. The number of nitrogens with zero attached hydrogens (tertiary/aromatic N) is 2. The van der Waals surface area contributed by atoms with Crippen molar-refractivity contribution in [2.24, 2.45) is 5.73 Å². The molecule has 0 aromatic heterocycles. The second-order valence-corrected chi connectivity index (χ2v) is 4.95.